The average molecular weight is 184 g/mol. The van der Waals surface area contributed by atoms with Gasteiger partial charge in [-0.1, -0.05) is 10.8 Å². The SMILES string of the molecule is [SiH3][SiH2][SiH2]C1=C2CCC(C2)C1. The predicted octanol–water partition coefficient (Wildman–Crippen LogP) is -1.02. The topological polar surface area (TPSA) is 0 Å². The minimum absolute atomic E-state index is 0.450. The number of fused-ring (bicyclic) bond motifs is 2. The normalized spacial score (nSPS) is 33.0. The lowest BCUT2D eigenvalue weighted by Crippen LogP contribution is -2.09. The van der Waals surface area contributed by atoms with E-state index in [1.807, 2.05) is 5.57 Å². The van der Waals surface area contributed by atoms with Crippen LogP contribution >= 0.6 is 0 Å². The van der Waals surface area contributed by atoms with Gasteiger partial charge in [-0.25, -0.2) is 0 Å². The second kappa shape index (κ2) is 2.79. The zero-order chi connectivity index (χ0) is 6.97. The number of hydrogen-bond donors (Lipinski definition) is 0. The van der Waals surface area contributed by atoms with Crippen molar-refractivity contribution in [1.29, 1.82) is 0 Å². The molecule has 0 aliphatic heterocycles. The van der Waals surface area contributed by atoms with Crippen molar-refractivity contribution in [3.05, 3.63) is 10.8 Å². The molecule has 0 radical (unpaired) electrons. The molecular formula is C7H16Si3. The van der Waals surface area contributed by atoms with E-state index < -0.39 is 0 Å². The fourth-order valence-electron chi connectivity index (χ4n) is 2.50. The average Bonchev–Trinajstić information content (AvgIpc) is 2.48. The molecule has 56 valence electrons. The van der Waals surface area contributed by atoms with Crippen LogP contribution in [0.3, 0.4) is 0 Å². The summed E-state index contributed by atoms with van der Waals surface area (Å²) < 4.78 is 0. The maximum Gasteiger partial charge on any atom is 0.0338 e. The lowest BCUT2D eigenvalue weighted by molar-refractivity contribution is 0.572. The van der Waals surface area contributed by atoms with Gasteiger partial charge in [0.05, 0.1) is 0 Å². The van der Waals surface area contributed by atoms with Crippen molar-refractivity contribution in [3.8, 4) is 0 Å². The van der Waals surface area contributed by atoms with Crippen LogP contribution < -0.4 is 0 Å². The Hall–Kier alpha value is 0.391. The summed E-state index contributed by atoms with van der Waals surface area (Å²) in [5.74, 6) is 1.15. The van der Waals surface area contributed by atoms with Crippen molar-refractivity contribution in [2.24, 2.45) is 5.92 Å². The van der Waals surface area contributed by atoms with E-state index in [0.717, 1.165) is 5.92 Å². The van der Waals surface area contributed by atoms with Gasteiger partial charge in [-0.2, -0.15) is 0 Å². The zero-order valence-corrected chi connectivity index (χ0v) is 11.6. The number of rotatable bonds is 2. The molecule has 0 N–H and O–H groups in total. The van der Waals surface area contributed by atoms with E-state index in [-0.39, 0.29) is 0 Å². The molecule has 0 aromatic rings. The van der Waals surface area contributed by atoms with Crippen LogP contribution in [0.15, 0.2) is 10.8 Å². The second-order valence-corrected chi connectivity index (χ2v) is 19.6. The van der Waals surface area contributed by atoms with Crippen LogP contribution in [-0.2, 0) is 0 Å². The predicted molar refractivity (Wildman–Crippen MR) is 56.0 cm³/mol. The minimum atomic E-state index is 0.450. The summed E-state index contributed by atoms with van der Waals surface area (Å²) in [4.78, 5) is 0. The highest BCUT2D eigenvalue weighted by atomic mass is 29.5. The minimum Gasteiger partial charge on any atom is -0.0919 e. The second-order valence-electron chi connectivity index (χ2n) is 3.77. The van der Waals surface area contributed by atoms with Crippen LogP contribution in [0.2, 0.25) is 0 Å². The van der Waals surface area contributed by atoms with Gasteiger partial charge >= 0.3 is 0 Å². The van der Waals surface area contributed by atoms with Crippen molar-refractivity contribution in [1.82, 2.24) is 0 Å². The maximum absolute atomic E-state index is 2.07. The van der Waals surface area contributed by atoms with Gasteiger partial charge in [0.15, 0.2) is 0 Å². The van der Waals surface area contributed by atoms with Gasteiger partial charge < -0.3 is 0 Å². The van der Waals surface area contributed by atoms with E-state index in [0.29, 0.717) is 17.6 Å². The third kappa shape index (κ3) is 1.10. The van der Waals surface area contributed by atoms with Crippen molar-refractivity contribution in [2.45, 2.75) is 25.7 Å². The molecule has 2 rings (SSSR count). The molecule has 0 aromatic heterocycles. The van der Waals surface area contributed by atoms with Crippen LogP contribution in [0.1, 0.15) is 25.7 Å². The molecule has 1 saturated carbocycles. The Bertz CT molecular complexity index is 174. The molecule has 2 bridgehead atoms. The standard InChI is InChI=1S/C7H16Si3/c8-10-9-7-4-5-1-2-6(7)3-5/h5H,1-4,9-10H2,8H3. The van der Waals surface area contributed by atoms with Crippen molar-refractivity contribution in [2.75, 3.05) is 0 Å². The molecule has 0 spiro atoms. The van der Waals surface area contributed by atoms with Gasteiger partial charge in [0.1, 0.15) is 0 Å². The number of hydrogen-bond acceptors (Lipinski definition) is 0. The Morgan fingerprint density at radius 1 is 1.40 bits per heavy atom. The highest BCUT2D eigenvalue weighted by molar-refractivity contribution is 7.25. The van der Waals surface area contributed by atoms with Gasteiger partial charge in [0, 0.05) is 9.04 Å². The van der Waals surface area contributed by atoms with Gasteiger partial charge in [0.2, 0.25) is 0 Å². The zero-order valence-electron chi connectivity index (χ0n) is 6.82. The first kappa shape index (κ1) is 7.06. The Balaban J connectivity index is 2.08. The van der Waals surface area contributed by atoms with Crippen LogP contribution in [0, 0.1) is 5.92 Å². The van der Waals surface area contributed by atoms with Crippen LogP contribution in [-0.4, -0.2) is 27.4 Å². The van der Waals surface area contributed by atoms with Gasteiger partial charge in [-0.05, 0) is 49.9 Å². The quantitative estimate of drug-likeness (QED) is 0.482. The molecule has 1 unspecified atom stereocenters. The first-order valence-electron chi connectivity index (χ1n) is 4.60. The highest BCUT2D eigenvalue weighted by Gasteiger charge is 2.28. The molecule has 0 amide bonds. The molecule has 0 saturated heterocycles. The Kier molecular flexibility index (Phi) is 1.97. The highest BCUT2D eigenvalue weighted by Crippen LogP contribution is 2.43. The molecule has 2 aliphatic carbocycles. The number of allylic oxidation sites excluding steroid dienone is 2. The molecule has 1 fully saturated rings. The first-order valence-corrected chi connectivity index (χ1v) is 15.0. The Labute approximate surface area is 70.1 Å². The molecule has 3 heteroatoms. The van der Waals surface area contributed by atoms with Gasteiger partial charge in [-0.15, -0.1) is 0 Å². The molecule has 10 heavy (non-hydrogen) atoms. The van der Waals surface area contributed by atoms with Crippen LogP contribution in [0.25, 0.3) is 0 Å². The fraction of sp³-hybridized carbons (Fsp3) is 0.714. The third-order valence-electron chi connectivity index (χ3n) is 2.98. The summed E-state index contributed by atoms with van der Waals surface area (Å²) in [5.41, 5.74) is 1.96. The monoisotopic (exact) mass is 184 g/mol. The summed E-state index contributed by atoms with van der Waals surface area (Å²) in [6, 6.07) is 0. The smallest absolute Gasteiger partial charge is 0.0338 e. The largest absolute Gasteiger partial charge is 0.0919 e. The molecule has 0 aromatic carbocycles. The summed E-state index contributed by atoms with van der Waals surface area (Å²) in [6.45, 7) is 0. The molecule has 1 atom stereocenters. The summed E-state index contributed by atoms with van der Waals surface area (Å²) in [5, 5.41) is 2.07. The molecular weight excluding hydrogens is 168 g/mol. The van der Waals surface area contributed by atoms with E-state index in [1.54, 1.807) is 22.6 Å². The summed E-state index contributed by atoms with van der Waals surface area (Å²) in [7, 11) is 2.63. The molecule has 0 nitrogen and oxygen atoms in total. The lowest BCUT2D eigenvalue weighted by Gasteiger charge is -2.09. The summed E-state index contributed by atoms with van der Waals surface area (Å²) in [6.07, 6.45) is 6.19. The van der Waals surface area contributed by atoms with E-state index in [4.69, 9.17) is 0 Å². The van der Waals surface area contributed by atoms with Crippen molar-refractivity contribution < 1.29 is 0 Å². The molecule has 2 aliphatic rings. The Morgan fingerprint density at radius 3 is 2.80 bits per heavy atom. The van der Waals surface area contributed by atoms with Gasteiger partial charge in [0.25, 0.3) is 0 Å². The van der Waals surface area contributed by atoms with Crippen molar-refractivity contribution >= 4 is 27.4 Å². The Morgan fingerprint density at radius 2 is 2.30 bits per heavy atom. The molecule has 0 heterocycles. The third-order valence-corrected chi connectivity index (χ3v) is 12.7. The van der Waals surface area contributed by atoms with Crippen LogP contribution in [0.4, 0.5) is 0 Å². The van der Waals surface area contributed by atoms with Crippen LogP contribution in [0.5, 0.6) is 0 Å². The first-order chi connectivity index (χ1) is 4.90. The van der Waals surface area contributed by atoms with E-state index in [9.17, 15) is 0 Å². The summed E-state index contributed by atoms with van der Waals surface area (Å²) >= 11 is 0. The van der Waals surface area contributed by atoms with E-state index >= 15 is 0 Å². The van der Waals surface area contributed by atoms with Gasteiger partial charge in [-0.3, -0.25) is 0 Å². The van der Waals surface area contributed by atoms with E-state index in [1.165, 1.54) is 12.8 Å². The van der Waals surface area contributed by atoms with Crippen molar-refractivity contribution in [3.63, 3.8) is 0 Å². The fourth-order valence-corrected chi connectivity index (χ4v) is 13.3. The maximum atomic E-state index is 2.07. The lowest BCUT2D eigenvalue weighted by atomic mass is 10.1. The van der Waals surface area contributed by atoms with E-state index in [2.05, 4.69) is 5.20 Å².